The van der Waals surface area contributed by atoms with Gasteiger partial charge in [-0.2, -0.15) is 0 Å². The monoisotopic (exact) mass is 239 g/mol. The first-order valence-electron chi connectivity index (χ1n) is 4.51. The van der Waals surface area contributed by atoms with Gasteiger partial charge in [0.25, 0.3) is 0 Å². The van der Waals surface area contributed by atoms with Crippen molar-refractivity contribution in [2.45, 2.75) is 6.04 Å². The summed E-state index contributed by atoms with van der Waals surface area (Å²) in [6, 6.07) is 7.92. The third-order valence-corrected chi connectivity index (χ3v) is 3.13. The fraction of sp³-hybridized carbons (Fsp3) is 0.200. The number of halogens is 1. The molecule has 15 heavy (non-hydrogen) atoms. The molecule has 3 nitrogen and oxygen atoms in total. The topological polar surface area (TPSA) is 37.8 Å². The molecule has 78 valence electrons. The molecule has 0 aliphatic heterocycles. The Balaban J connectivity index is 2.31. The molecule has 0 spiro atoms. The molecule has 5 heteroatoms. The maximum Gasteiger partial charge on any atom is 0.0701 e. The molecule has 1 aromatic carbocycles. The molecular weight excluding hydrogens is 230 g/mol. The molecule has 2 rings (SSSR count). The highest BCUT2D eigenvalue weighted by molar-refractivity contribution is 7.05. The van der Waals surface area contributed by atoms with Gasteiger partial charge in [0.1, 0.15) is 0 Å². The van der Waals surface area contributed by atoms with Crippen molar-refractivity contribution < 1.29 is 0 Å². The molecule has 0 bridgehead atoms. The van der Waals surface area contributed by atoms with Gasteiger partial charge in [0.2, 0.25) is 0 Å². The molecule has 0 aliphatic rings. The van der Waals surface area contributed by atoms with Crippen LogP contribution in [-0.2, 0) is 0 Å². The Labute approximate surface area is 97.3 Å². The lowest BCUT2D eigenvalue weighted by Crippen LogP contribution is -2.16. The Bertz CT molecular complexity index is 413. The molecule has 1 unspecified atom stereocenters. The van der Waals surface area contributed by atoms with Gasteiger partial charge in [-0.05, 0) is 36.3 Å². The van der Waals surface area contributed by atoms with Gasteiger partial charge in [-0.25, -0.2) is 0 Å². The fourth-order valence-electron chi connectivity index (χ4n) is 1.43. The van der Waals surface area contributed by atoms with E-state index in [0.29, 0.717) is 0 Å². The van der Waals surface area contributed by atoms with E-state index in [0.717, 1.165) is 15.5 Å². The Morgan fingerprint density at radius 1 is 1.33 bits per heavy atom. The standard InChI is InChI=1S/C10H10ClN3S/c1-12-10(9-6-13-14-15-9)7-2-4-8(11)5-3-7/h2-6,10,12H,1H3. The summed E-state index contributed by atoms with van der Waals surface area (Å²) in [4.78, 5) is 1.10. The number of hydrogen-bond acceptors (Lipinski definition) is 4. The van der Waals surface area contributed by atoms with Gasteiger partial charge in [0, 0.05) is 5.02 Å². The Hall–Kier alpha value is -0.970. The van der Waals surface area contributed by atoms with Gasteiger partial charge >= 0.3 is 0 Å². The average Bonchev–Trinajstić information content (AvgIpc) is 2.75. The van der Waals surface area contributed by atoms with Crippen molar-refractivity contribution >= 4 is 23.1 Å². The van der Waals surface area contributed by atoms with E-state index in [-0.39, 0.29) is 6.04 Å². The summed E-state index contributed by atoms with van der Waals surface area (Å²) in [6.45, 7) is 0. The Morgan fingerprint density at radius 3 is 2.60 bits per heavy atom. The second kappa shape index (κ2) is 4.70. The van der Waals surface area contributed by atoms with Crippen LogP contribution >= 0.6 is 23.1 Å². The molecule has 2 aromatic rings. The van der Waals surface area contributed by atoms with Crippen LogP contribution in [0, 0.1) is 0 Å². The van der Waals surface area contributed by atoms with Crippen LogP contribution < -0.4 is 5.32 Å². The molecule has 0 amide bonds. The quantitative estimate of drug-likeness (QED) is 0.895. The van der Waals surface area contributed by atoms with E-state index in [1.807, 2.05) is 31.3 Å². The Kier molecular flexibility index (Phi) is 3.30. The van der Waals surface area contributed by atoms with Crippen LogP contribution in [0.1, 0.15) is 16.5 Å². The molecule has 1 atom stereocenters. The van der Waals surface area contributed by atoms with Crippen LogP contribution in [0.2, 0.25) is 5.02 Å². The van der Waals surface area contributed by atoms with E-state index in [4.69, 9.17) is 11.6 Å². The van der Waals surface area contributed by atoms with E-state index in [1.54, 1.807) is 6.20 Å². The number of benzene rings is 1. The van der Waals surface area contributed by atoms with Crippen LogP contribution in [0.5, 0.6) is 0 Å². The molecule has 1 heterocycles. The van der Waals surface area contributed by atoms with Gasteiger partial charge in [-0.15, -0.1) is 5.10 Å². The second-order valence-electron chi connectivity index (χ2n) is 3.09. The maximum absolute atomic E-state index is 5.84. The highest BCUT2D eigenvalue weighted by Gasteiger charge is 2.13. The maximum atomic E-state index is 5.84. The largest absolute Gasteiger partial charge is 0.309 e. The minimum absolute atomic E-state index is 0.141. The molecule has 0 fully saturated rings. The molecule has 0 saturated carbocycles. The summed E-state index contributed by atoms with van der Waals surface area (Å²) in [5, 5.41) is 7.81. The average molecular weight is 240 g/mol. The fourth-order valence-corrected chi connectivity index (χ4v) is 2.20. The minimum atomic E-state index is 0.141. The smallest absolute Gasteiger partial charge is 0.0701 e. The van der Waals surface area contributed by atoms with Crippen molar-refractivity contribution in [3.05, 3.63) is 45.9 Å². The van der Waals surface area contributed by atoms with Crippen LogP contribution in [0.25, 0.3) is 0 Å². The third-order valence-electron chi connectivity index (χ3n) is 2.15. The van der Waals surface area contributed by atoms with Crippen molar-refractivity contribution in [3.8, 4) is 0 Å². The van der Waals surface area contributed by atoms with Crippen LogP contribution in [0.3, 0.4) is 0 Å². The molecule has 0 aliphatic carbocycles. The lowest BCUT2D eigenvalue weighted by Gasteiger charge is -2.13. The van der Waals surface area contributed by atoms with Crippen LogP contribution in [-0.4, -0.2) is 16.6 Å². The summed E-state index contributed by atoms with van der Waals surface area (Å²) in [6.07, 6.45) is 1.78. The lowest BCUT2D eigenvalue weighted by molar-refractivity contribution is 0.702. The number of hydrogen-bond donors (Lipinski definition) is 1. The third kappa shape index (κ3) is 2.34. The highest BCUT2D eigenvalue weighted by atomic mass is 35.5. The van der Waals surface area contributed by atoms with E-state index in [9.17, 15) is 0 Å². The molecule has 0 radical (unpaired) electrons. The van der Waals surface area contributed by atoms with Gasteiger partial charge in [-0.1, -0.05) is 28.2 Å². The zero-order valence-electron chi connectivity index (χ0n) is 8.14. The first-order valence-corrected chi connectivity index (χ1v) is 5.66. The van der Waals surface area contributed by atoms with Gasteiger partial charge in [-0.3, -0.25) is 0 Å². The number of aromatic nitrogens is 2. The molecule has 0 saturated heterocycles. The SMILES string of the molecule is CNC(c1ccc(Cl)cc1)c1cnns1. The zero-order valence-corrected chi connectivity index (χ0v) is 9.72. The van der Waals surface area contributed by atoms with E-state index in [2.05, 4.69) is 14.9 Å². The lowest BCUT2D eigenvalue weighted by atomic mass is 10.1. The minimum Gasteiger partial charge on any atom is -0.309 e. The first kappa shape index (κ1) is 10.5. The number of nitrogens with one attached hydrogen (secondary N) is 1. The van der Waals surface area contributed by atoms with Crippen molar-refractivity contribution in [2.75, 3.05) is 7.05 Å². The van der Waals surface area contributed by atoms with E-state index in [1.165, 1.54) is 11.5 Å². The first-order chi connectivity index (χ1) is 7.31. The van der Waals surface area contributed by atoms with E-state index >= 15 is 0 Å². The predicted octanol–water partition coefficient (Wildman–Crippen LogP) is 2.50. The van der Waals surface area contributed by atoms with Crippen LogP contribution in [0.4, 0.5) is 0 Å². The molecule has 1 N–H and O–H groups in total. The summed E-state index contributed by atoms with van der Waals surface area (Å²) in [7, 11) is 1.92. The predicted molar refractivity (Wildman–Crippen MR) is 62.3 cm³/mol. The van der Waals surface area contributed by atoms with Gasteiger partial charge < -0.3 is 5.32 Å². The van der Waals surface area contributed by atoms with Crippen molar-refractivity contribution in [1.82, 2.24) is 14.9 Å². The number of rotatable bonds is 3. The summed E-state index contributed by atoms with van der Waals surface area (Å²) in [5.74, 6) is 0. The Morgan fingerprint density at radius 2 is 2.07 bits per heavy atom. The number of nitrogens with zero attached hydrogens (tertiary/aromatic N) is 2. The molecular formula is C10H10ClN3S. The van der Waals surface area contributed by atoms with Gasteiger partial charge in [0.15, 0.2) is 0 Å². The second-order valence-corrected chi connectivity index (χ2v) is 4.35. The van der Waals surface area contributed by atoms with Crippen molar-refractivity contribution in [2.24, 2.45) is 0 Å². The van der Waals surface area contributed by atoms with Gasteiger partial charge in [0.05, 0.1) is 17.1 Å². The summed E-state index contributed by atoms with van der Waals surface area (Å²) < 4.78 is 3.86. The summed E-state index contributed by atoms with van der Waals surface area (Å²) in [5.41, 5.74) is 1.16. The van der Waals surface area contributed by atoms with Crippen molar-refractivity contribution in [1.29, 1.82) is 0 Å². The van der Waals surface area contributed by atoms with Crippen molar-refractivity contribution in [3.63, 3.8) is 0 Å². The normalized spacial score (nSPS) is 12.7. The highest BCUT2D eigenvalue weighted by Crippen LogP contribution is 2.24. The summed E-state index contributed by atoms with van der Waals surface area (Å²) >= 11 is 7.24. The zero-order chi connectivity index (χ0) is 10.7. The van der Waals surface area contributed by atoms with Crippen LogP contribution in [0.15, 0.2) is 30.5 Å². The van der Waals surface area contributed by atoms with E-state index < -0.39 is 0 Å². The molecule has 1 aromatic heterocycles.